The second-order valence-corrected chi connectivity index (χ2v) is 5.70. The Labute approximate surface area is 142 Å². The molecule has 6 heteroatoms. The number of carbonyl (C=O) groups is 2. The van der Waals surface area contributed by atoms with Gasteiger partial charge in [-0.25, -0.2) is 4.79 Å². The number of aromatic carboxylic acids is 1. The lowest BCUT2D eigenvalue weighted by Crippen LogP contribution is -2.20. The minimum Gasteiger partial charge on any atom is -0.483 e. The van der Waals surface area contributed by atoms with Crippen molar-refractivity contribution in [2.45, 2.75) is 13.3 Å². The van der Waals surface area contributed by atoms with Gasteiger partial charge >= 0.3 is 5.97 Å². The zero-order valence-corrected chi connectivity index (χ0v) is 14.1. The Kier molecular flexibility index (Phi) is 5.76. The van der Waals surface area contributed by atoms with Crippen LogP contribution < -0.4 is 10.1 Å². The summed E-state index contributed by atoms with van der Waals surface area (Å²) in [5.41, 5.74) is 1.69. The number of aryl methyl sites for hydroxylation is 1. The summed E-state index contributed by atoms with van der Waals surface area (Å²) in [6, 6.07) is 11.7. The van der Waals surface area contributed by atoms with E-state index in [1.54, 1.807) is 18.2 Å². The number of amides is 1. The number of anilines is 1. The minimum atomic E-state index is -1.04. The number of carboxylic acids is 1. The molecule has 0 radical (unpaired) electrons. The molecule has 2 rings (SSSR count). The molecular weight excluding hydrogens is 362 g/mol. The zero-order chi connectivity index (χ0) is 16.8. The van der Waals surface area contributed by atoms with Crippen LogP contribution >= 0.6 is 15.9 Å². The predicted octanol–water partition coefficient (Wildman–Crippen LogP) is 3.73. The summed E-state index contributed by atoms with van der Waals surface area (Å²) in [5.74, 6) is -0.826. The number of benzene rings is 2. The van der Waals surface area contributed by atoms with E-state index in [1.807, 2.05) is 12.1 Å². The van der Waals surface area contributed by atoms with Crippen molar-refractivity contribution >= 4 is 33.5 Å². The fourth-order valence-electron chi connectivity index (χ4n) is 1.95. The van der Waals surface area contributed by atoms with E-state index >= 15 is 0 Å². The largest absolute Gasteiger partial charge is 0.483 e. The van der Waals surface area contributed by atoms with E-state index in [4.69, 9.17) is 9.84 Å². The molecule has 0 unspecified atom stereocenters. The molecule has 120 valence electrons. The highest BCUT2D eigenvalue weighted by Crippen LogP contribution is 2.26. The molecule has 2 aromatic carbocycles. The second kappa shape index (κ2) is 7.78. The van der Waals surface area contributed by atoms with Crippen LogP contribution in [0.3, 0.4) is 0 Å². The van der Waals surface area contributed by atoms with Gasteiger partial charge in [-0.1, -0.05) is 19.1 Å². The average Bonchev–Trinajstić information content (AvgIpc) is 2.53. The van der Waals surface area contributed by atoms with Crippen molar-refractivity contribution < 1.29 is 19.4 Å². The van der Waals surface area contributed by atoms with Crippen LogP contribution in [0.25, 0.3) is 0 Å². The van der Waals surface area contributed by atoms with Gasteiger partial charge in [0.1, 0.15) is 5.75 Å². The number of ether oxygens (including phenoxy) is 1. The number of carbonyl (C=O) groups excluding carboxylic acids is 1. The lowest BCUT2D eigenvalue weighted by molar-refractivity contribution is -0.118. The maximum atomic E-state index is 11.9. The third-order valence-electron chi connectivity index (χ3n) is 3.16. The molecule has 0 aliphatic carbocycles. The van der Waals surface area contributed by atoms with Crippen molar-refractivity contribution in [3.8, 4) is 5.75 Å². The van der Waals surface area contributed by atoms with Crippen molar-refractivity contribution in [3.63, 3.8) is 0 Å². The first-order valence-corrected chi connectivity index (χ1v) is 7.83. The number of rotatable bonds is 6. The smallest absolute Gasteiger partial charge is 0.335 e. The zero-order valence-electron chi connectivity index (χ0n) is 12.5. The molecule has 0 fully saturated rings. The molecule has 0 aromatic heterocycles. The topological polar surface area (TPSA) is 75.6 Å². The Morgan fingerprint density at radius 1 is 1.22 bits per heavy atom. The van der Waals surface area contributed by atoms with Crippen LogP contribution in [0.5, 0.6) is 5.75 Å². The third-order valence-corrected chi connectivity index (χ3v) is 3.78. The number of hydrogen-bond donors (Lipinski definition) is 2. The molecule has 0 heterocycles. The molecule has 2 N–H and O–H groups in total. The van der Waals surface area contributed by atoms with Crippen molar-refractivity contribution in [1.82, 2.24) is 0 Å². The van der Waals surface area contributed by atoms with Crippen LogP contribution in [0.2, 0.25) is 0 Å². The van der Waals surface area contributed by atoms with Gasteiger partial charge in [0.2, 0.25) is 0 Å². The maximum absolute atomic E-state index is 11.9. The van der Waals surface area contributed by atoms with Gasteiger partial charge < -0.3 is 15.2 Å². The molecule has 23 heavy (non-hydrogen) atoms. The molecular formula is C17H16BrNO4. The van der Waals surface area contributed by atoms with Gasteiger partial charge in [-0.3, -0.25) is 4.79 Å². The molecule has 0 aliphatic rings. The molecule has 0 atom stereocenters. The van der Waals surface area contributed by atoms with Crippen molar-refractivity contribution in [3.05, 3.63) is 58.1 Å². The van der Waals surface area contributed by atoms with Crippen molar-refractivity contribution in [1.29, 1.82) is 0 Å². The second-order valence-electron chi connectivity index (χ2n) is 4.84. The summed E-state index contributed by atoms with van der Waals surface area (Å²) < 4.78 is 6.26. The van der Waals surface area contributed by atoms with Gasteiger partial charge in [0, 0.05) is 5.69 Å². The Morgan fingerprint density at radius 3 is 2.65 bits per heavy atom. The van der Waals surface area contributed by atoms with E-state index in [-0.39, 0.29) is 18.1 Å². The van der Waals surface area contributed by atoms with Crippen molar-refractivity contribution in [2.24, 2.45) is 0 Å². The highest BCUT2D eigenvalue weighted by Gasteiger charge is 2.08. The Bertz CT molecular complexity index is 730. The Morgan fingerprint density at radius 2 is 2.00 bits per heavy atom. The first-order valence-electron chi connectivity index (χ1n) is 7.04. The van der Waals surface area contributed by atoms with Gasteiger partial charge in [-0.05, 0) is 58.2 Å². The highest BCUT2D eigenvalue weighted by molar-refractivity contribution is 9.10. The minimum absolute atomic E-state index is 0.113. The van der Waals surface area contributed by atoms with E-state index in [9.17, 15) is 9.59 Å². The Balaban J connectivity index is 1.95. The van der Waals surface area contributed by atoms with Gasteiger partial charge in [0.25, 0.3) is 5.91 Å². The average molecular weight is 378 g/mol. The summed E-state index contributed by atoms with van der Waals surface area (Å²) >= 11 is 3.41. The molecule has 0 spiro atoms. The molecule has 0 bridgehead atoms. The molecule has 5 nitrogen and oxygen atoms in total. The van der Waals surface area contributed by atoms with Crippen LogP contribution in [-0.2, 0) is 11.2 Å². The quantitative estimate of drug-likeness (QED) is 0.803. The summed E-state index contributed by atoms with van der Waals surface area (Å²) in [6.07, 6.45) is 0.916. The van der Waals surface area contributed by atoms with E-state index in [0.29, 0.717) is 11.4 Å². The lowest BCUT2D eigenvalue weighted by Gasteiger charge is -2.10. The molecule has 0 aliphatic heterocycles. The number of nitrogens with one attached hydrogen (secondary N) is 1. The fraction of sp³-hybridized carbons (Fsp3) is 0.176. The molecule has 1 amide bonds. The predicted molar refractivity (Wildman–Crippen MR) is 91.0 cm³/mol. The standard InChI is InChI=1S/C17H16BrNO4/c1-2-11-6-7-15(14(18)8-11)23-10-16(20)19-13-5-3-4-12(9-13)17(21)22/h3-9H,2,10H2,1H3,(H,19,20)(H,21,22). The summed E-state index contributed by atoms with van der Waals surface area (Å²) in [7, 11) is 0. The fourth-order valence-corrected chi connectivity index (χ4v) is 2.49. The number of hydrogen-bond acceptors (Lipinski definition) is 3. The summed E-state index contributed by atoms with van der Waals surface area (Å²) in [4.78, 5) is 22.8. The molecule has 2 aromatic rings. The lowest BCUT2D eigenvalue weighted by atomic mass is 10.2. The van der Waals surface area contributed by atoms with Crippen LogP contribution in [0.4, 0.5) is 5.69 Å². The number of halogens is 1. The summed E-state index contributed by atoms with van der Waals surface area (Å²) in [5, 5.41) is 11.5. The monoisotopic (exact) mass is 377 g/mol. The first-order chi connectivity index (χ1) is 11.0. The molecule has 0 saturated carbocycles. The van der Waals surface area contributed by atoms with E-state index < -0.39 is 5.97 Å². The van der Waals surface area contributed by atoms with Crippen LogP contribution in [0, 0.1) is 0 Å². The molecule has 0 saturated heterocycles. The Hall–Kier alpha value is -2.34. The van der Waals surface area contributed by atoms with Gasteiger partial charge in [-0.2, -0.15) is 0 Å². The van der Waals surface area contributed by atoms with Gasteiger partial charge in [0.15, 0.2) is 6.61 Å². The van der Waals surface area contributed by atoms with E-state index in [2.05, 4.69) is 28.2 Å². The first kappa shape index (κ1) is 17.0. The summed E-state index contributed by atoms with van der Waals surface area (Å²) in [6.45, 7) is 1.89. The third kappa shape index (κ3) is 4.82. The van der Waals surface area contributed by atoms with Crippen LogP contribution in [0.15, 0.2) is 46.9 Å². The van der Waals surface area contributed by atoms with E-state index in [0.717, 1.165) is 10.9 Å². The van der Waals surface area contributed by atoms with E-state index in [1.165, 1.54) is 17.7 Å². The number of carboxylic acid groups (broad SMARTS) is 1. The van der Waals surface area contributed by atoms with Gasteiger partial charge in [0.05, 0.1) is 10.0 Å². The van der Waals surface area contributed by atoms with Crippen LogP contribution in [0.1, 0.15) is 22.8 Å². The van der Waals surface area contributed by atoms with Crippen LogP contribution in [-0.4, -0.2) is 23.6 Å². The highest BCUT2D eigenvalue weighted by atomic mass is 79.9. The van der Waals surface area contributed by atoms with Gasteiger partial charge in [-0.15, -0.1) is 0 Å². The normalized spacial score (nSPS) is 10.2. The van der Waals surface area contributed by atoms with Crippen molar-refractivity contribution in [2.75, 3.05) is 11.9 Å². The SMILES string of the molecule is CCc1ccc(OCC(=O)Nc2cccc(C(=O)O)c2)c(Br)c1. The maximum Gasteiger partial charge on any atom is 0.335 e.